The first-order valence-corrected chi connectivity index (χ1v) is 12.3. The summed E-state index contributed by atoms with van der Waals surface area (Å²) in [5.74, 6) is 1.77. The molecule has 0 bridgehead atoms. The third kappa shape index (κ3) is 3.48. The summed E-state index contributed by atoms with van der Waals surface area (Å²) in [6.45, 7) is 0. The van der Waals surface area contributed by atoms with Crippen molar-refractivity contribution in [2.75, 3.05) is 28.4 Å². The number of carbonyl (C=O) groups is 2. The van der Waals surface area contributed by atoms with Crippen molar-refractivity contribution in [3.05, 3.63) is 117 Å². The van der Waals surface area contributed by atoms with E-state index in [1.807, 2.05) is 48.5 Å². The minimum Gasteiger partial charge on any atom is -0.497 e. The summed E-state index contributed by atoms with van der Waals surface area (Å²) in [6, 6.07) is 22.6. The lowest BCUT2D eigenvalue weighted by Gasteiger charge is -2.38. The van der Waals surface area contributed by atoms with E-state index in [0.29, 0.717) is 45.3 Å². The average Bonchev–Trinajstić information content (AvgIpc) is 2.97. The van der Waals surface area contributed by atoms with Crippen molar-refractivity contribution in [3.63, 3.8) is 0 Å². The summed E-state index contributed by atoms with van der Waals surface area (Å²) < 4.78 is 21.9. The highest BCUT2D eigenvalue weighted by Crippen LogP contribution is 2.53. The van der Waals surface area contributed by atoms with Crippen LogP contribution in [0, 0.1) is 0 Å². The van der Waals surface area contributed by atoms with Gasteiger partial charge in [-0.05, 0) is 70.8 Å². The Morgan fingerprint density at radius 3 is 0.868 bits per heavy atom. The molecule has 6 rings (SSSR count). The summed E-state index contributed by atoms with van der Waals surface area (Å²) in [5.41, 5.74) is 5.86. The molecule has 0 unspecified atom stereocenters. The summed E-state index contributed by atoms with van der Waals surface area (Å²) in [4.78, 5) is 27.6. The molecule has 2 aliphatic rings. The van der Waals surface area contributed by atoms with Gasteiger partial charge in [0, 0.05) is 34.1 Å². The van der Waals surface area contributed by atoms with Crippen LogP contribution in [-0.4, -0.2) is 40.0 Å². The van der Waals surface area contributed by atoms with E-state index < -0.39 is 0 Å². The molecule has 0 atom stereocenters. The Balaban J connectivity index is 1.67. The molecule has 6 heteroatoms. The minimum atomic E-state index is -0.248. The van der Waals surface area contributed by atoms with Crippen molar-refractivity contribution in [2.24, 2.45) is 0 Å². The van der Waals surface area contributed by atoms with Crippen molar-refractivity contribution in [1.29, 1.82) is 0 Å². The summed E-state index contributed by atoms with van der Waals surface area (Å²) >= 11 is 0. The zero-order chi connectivity index (χ0) is 26.6. The fourth-order valence-electron chi connectivity index (χ4n) is 5.86. The molecule has 38 heavy (non-hydrogen) atoms. The van der Waals surface area contributed by atoms with Crippen LogP contribution in [0.15, 0.2) is 72.8 Å². The lowest BCUT2D eigenvalue weighted by atomic mass is 9.64. The fraction of sp³-hybridized carbons (Fsp3) is 0.188. The van der Waals surface area contributed by atoms with Crippen LogP contribution in [0.4, 0.5) is 0 Å². The van der Waals surface area contributed by atoms with Gasteiger partial charge in [-0.15, -0.1) is 0 Å². The molecule has 0 aromatic heterocycles. The Labute approximate surface area is 220 Å². The third-order valence-corrected chi connectivity index (χ3v) is 7.69. The average molecular weight is 507 g/mol. The van der Waals surface area contributed by atoms with Crippen LogP contribution < -0.4 is 18.9 Å². The van der Waals surface area contributed by atoms with Gasteiger partial charge in [0.15, 0.2) is 11.6 Å². The maximum atomic E-state index is 13.8. The lowest BCUT2D eigenvalue weighted by Crippen LogP contribution is -2.29. The number of carbonyl (C=O) groups excluding carboxylic acids is 2. The number of rotatable bonds is 5. The molecule has 0 amide bonds. The van der Waals surface area contributed by atoms with Crippen LogP contribution in [0.2, 0.25) is 0 Å². The molecular formula is C32H26O6. The smallest absolute Gasteiger partial charge is 0.193 e. The van der Waals surface area contributed by atoms with Crippen LogP contribution in [-0.2, 0) is 0 Å². The highest BCUT2D eigenvalue weighted by Gasteiger charge is 2.42. The zero-order valence-corrected chi connectivity index (χ0v) is 21.5. The van der Waals surface area contributed by atoms with Gasteiger partial charge in [-0.1, -0.05) is 24.3 Å². The number of methoxy groups -OCH3 is 4. The van der Waals surface area contributed by atoms with Crippen molar-refractivity contribution in [2.45, 2.75) is 11.8 Å². The number of hydrogen-bond donors (Lipinski definition) is 0. The van der Waals surface area contributed by atoms with Gasteiger partial charge in [0.05, 0.1) is 28.4 Å². The molecule has 2 aliphatic carbocycles. The van der Waals surface area contributed by atoms with Gasteiger partial charge >= 0.3 is 0 Å². The summed E-state index contributed by atoms with van der Waals surface area (Å²) in [5, 5.41) is 0. The van der Waals surface area contributed by atoms with E-state index in [-0.39, 0.29) is 23.4 Å². The molecule has 4 aromatic rings. The van der Waals surface area contributed by atoms with Crippen molar-refractivity contribution < 1.29 is 28.5 Å². The monoisotopic (exact) mass is 506 g/mol. The van der Waals surface area contributed by atoms with E-state index in [9.17, 15) is 9.59 Å². The Morgan fingerprint density at radius 2 is 0.658 bits per heavy atom. The molecule has 0 N–H and O–H groups in total. The first-order chi connectivity index (χ1) is 18.5. The molecule has 0 saturated heterocycles. The van der Waals surface area contributed by atoms with E-state index in [1.54, 1.807) is 52.7 Å². The highest BCUT2D eigenvalue weighted by atomic mass is 16.5. The zero-order valence-electron chi connectivity index (χ0n) is 21.5. The van der Waals surface area contributed by atoms with E-state index in [2.05, 4.69) is 0 Å². The van der Waals surface area contributed by atoms with Crippen LogP contribution in [0.1, 0.15) is 65.9 Å². The number of hydrogen-bond acceptors (Lipinski definition) is 6. The maximum Gasteiger partial charge on any atom is 0.193 e. The number of ketones is 2. The Bertz CT molecular complexity index is 1380. The molecule has 0 heterocycles. The van der Waals surface area contributed by atoms with Gasteiger partial charge in [-0.2, -0.15) is 0 Å². The predicted octanol–water partition coefficient (Wildman–Crippen LogP) is 5.77. The topological polar surface area (TPSA) is 71.1 Å². The first kappa shape index (κ1) is 23.8. The second-order valence-corrected chi connectivity index (χ2v) is 9.43. The molecule has 0 spiro atoms. The normalized spacial score (nSPS) is 14.2. The van der Waals surface area contributed by atoms with E-state index in [0.717, 1.165) is 22.3 Å². The first-order valence-electron chi connectivity index (χ1n) is 12.3. The number of benzene rings is 4. The summed E-state index contributed by atoms with van der Waals surface area (Å²) in [7, 11) is 6.35. The molecule has 0 radical (unpaired) electrons. The van der Waals surface area contributed by atoms with Crippen molar-refractivity contribution in [1.82, 2.24) is 0 Å². The highest BCUT2D eigenvalue weighted by molar-refractivity contribution is 6.15. The maximum absolute atomic E-state index is 13.8. The van der Waals surface area contributed by atoms with Gasteiger partial charge < -0.3 is 18.9 Å². The SMILES string of the molecule is COc1ccc2c(c1)C(=O)c1cc(OC)ccc1C2C1c2ccc(OC)cc2C(=O)c2cc(OC)ccc21. The lowest BCUT2D eigenvalue weighted by molar-refractivity contribution is 0.102. The minimum absolute atomic E-state index is 0.0826. The molecule has 0 aliphatic heterocycles. The molecular weight excluding hydrogens is 480 g/mol. The van der Waals surface area contributed by atoms with Crippen molar-refractivity contribution >= 4 is 11.6 Å². The molecule has 190 valence electrons. The molecule has 4 aromatic carbocycles. The standard InChI is InChI=1S/C32H26O6/c1-35-17-5-9-21-25(13-17)31(33)26-14-18(36-2)6-10-22(26)29(21)30-23-11-7-19(37-3)15-27(23)32(34)28-16-20(38-4)8-12-24(28)30/h5-16,29-30H,1-4H3. The Kier molecular flexibility index (Phi) is 5.68. The van der Waals surface area contributed by atoms with Gasteiger partial charge in [-0.3, -0.25) is 9.59 Å². The van der Waals surface area contributed by atoms with Crippen LogP contribution in [0.5, 0.6) is 23.0 Å². The number of ether oxygens (including phenoxy) is 4. The van der Waals surface area contributed by atoms with Gasteiger partial charge in [0.2, 0.25) is 0 Å². The third-order valence-electron chi connectivity index (χ3n) is 7.69. The summed E-state index contributed by atoms with van der Waals surface area (Å²) in [6.07, 6.45) is 0. The van der Waals surface area contributed by atoms with Gasteiger partial charge in [0.1, 0.15) is 23.0 Å². The van der Waals surface area contributed by atoms with Crippen LogP contribution >= 0.6 is 0 Å². The van der Waals surface area contributed by atoms with Crippen LogP contribution in [0.3, 0.4) is 0 Å². The fourth-order valence-corrected chi connectivity index (χ4v) is 5.86. The Hall–Kier alpha value is -4.58. The quantitative estimate of drug-likeness (QED) is 0.342. The van der Waals surface area contributed by atoms with E-state index in [4.69, 9.17) is 18.9 Å². The van der Waals surface area contributed by atoms with Crippen molar-refractivity contribution in [3.8, 4) is 23.0 Å². The van der Waals surface area contributed by atoms with Crippen LogP contribution in [0.25, 0.3) is 0 Å². The van der Waals surface area contributed by atoms with Gasteiger partial charge in [0.25, 0.3) is 0 Å². The largest absolute Gasteiger partial charge is 0.497 e. The van der Waals surface area contributed by atoms with Gasteiger partial charge in [-0.25, -0.2) is 0 Å². The second kappa shape index (κ2) is 9.06. The molecule has 6 nitrogen and oxygen atoms in total. The van der Waals surface area contributed by atoms with E-state index >= 15 is 0 Å². The Morgan fingerprint density at radius 1 is 0.421 bits per heavy atom. The second-order valence-electron chi connectivity index (χ2n) is 9.43. The predicted molar refractivity (Wildman–Crippen MR) is 143 cm³/mol. The molecule has 0 saturated carbocycles. The number of fused-ring (bicyclic) bond motifs is 4. The van der Waals surface area contributed by atoms with E-state index in [1.165, 1.54) is 0 Å². The molecule has 0 fully saturated rings.